The van der Waals surface area contributed by atoms with Crippen LogP contribution in [0.2, 0.25) is 0 Å². The predicted octanol–water partition coefficient (Wildman–Crippen LogP) is 2.60. The number of aryl methyl sites for hydroxylation is 1. The first-order chi connectivity index (χ1) is 7.24. The Morgan fingerprint density at radius 1 is 1.40 bits per heavy atom. The maximum Gasteiger partial charge on any atom is 0.132 e. The molecule has 1 aromatic rings. The lowest BCUT2D eigenvalue weighted by Gasteiger charge is -2.13. The molecular weight excluding hydrogens is 196 g/mol. The van der Waals surface area contributed by atoms with Gasteiger partial charge in [0.25, 0.3) is 0 Å². The van der Waals surface area contributed by atoms with Gasteiger partial charge in [0.15, 0.2) is 0 Å². The van der Waals surface area contributed by atoms with Crippen molar-refractivity contribution in [3.63, 3.8) is 0 Å². The van der Waals surface area contributed by atoms with Crippen molar-refractivity contribution in [2.75, 3.05) is 13.1 Å². The third-order valence-electron chi connectivity index (χ3n) is 3.06. The highest BCUT2D eigenvalue weighted by molar-refractivity contribution is 5.31. The van der Waals surface area contributed by atoms with Gasteiger partial charge in [0, 0.05) is 18.0 Å². The minimum atomic E-state index is -0.404. The molecule has 1 unspecified atom stereocenters. The van der Waals surface area contributed by atoms with E-state index in [1.54, 1.807) is 0 Å². The molecule has 0 amide bonds. The molecule has 1 nitrogen and oxygen atoms in total. The molecule has 1 atom stereocenters. The Labute approximate surface area is 88.5 Å². The molecule has 15 heavy (non-hydrogen) atoms. The van der Waals surface area contributed by atoms with Gasteiger partial charge >= 0.3 is 0 Å². The number of hydrogen-bond donors (Lipinski definition) is 1. The van der Waals surface area contributed by atoms with Gasteiger partial charge in [0.05, 0.1) is 0 Å². The Hall–Kier alpha value is -0.960. The minimum Gasteiger partial charge on any atom is -0.316 e. The molecule has 82 valence electrons. The van der Waals surface area contributed by atoms with Crippen molar-refractivity contribution in [2.24, 2.45) is 0 Å². The van der Waals surface area contributed by atoms with Gasteiger partial charge < -0.3 is 5.32 Å². The van der Waals surface area contributed by atoms with E-state index < -0.39 is 5.82 Å². The van der Waals surface area contributed by atoms with E-state index in [2.05, 4.69) is 5.32 Å². The Morgan fingerprint density at radius 3 is 2.80 bits per heavy atom. The fraction of sp³-hybridized carbons (Fsp3) is 0.500. The van der Waals surface area contributed by atoms with Crippen LogP contribution in [0.3, 0.4) is 0 Å². The van der Waals surface area contributed by atoms with E-state index in [9.17, 15) is 8.78 Å². The first-order valence-corrected chi connectivity index (χ1v) is 5.41. The van der Waals surface area contributed by atoms with Crippen LogP contribution in [0.25, 0.3) is 0 Å². The van der Waals surface area contributed by atoms with Crippen LogP contribution in [0.5, 0.6) is 0 Å². The van der Waals surface area contributed by atoms with Crippen LogP contribution in [-0.4, -0.2) is 13.1 Å². The Balaban J connectivity index is 2.43. The second-order valence-corrected chi connectivity index (χ2v) is 3.98. The third kappa shape index (κ3) is 1.88. The topological polar surface area (TPSA) is 12.0 Å². The highest BCUT2D eigenvalue weighted by atomic mass is 19.1. The Bertz CT molecular complexity index is 357. The fourth-order valence-electron chi connectivity index (χ4n) is 2.16. The van der Waals surface area contributed by atoms with Gasteiger partial charge in [0.2, 0.25) is 0 Å². The van der Waals surface area contributed by atoms with Gasteiger partial charge in [-0.3, -0.25) is 0 Å². The average Bonchev–Trinajstić information content (AvgIpc) is 2.71. The Kier molecular flexibility index (Phi) is 3.00. The summed E-state index contributed by atoms with van der Waals surface area (Å²) < 4.78 is 27.5. The summed E-state index contributed by atoms with van der Waals surface area (Å²) in [5.41, 5.74) is 0.887. The first kappa shape index (κ1) is 10.6. The monoisotopic (exact) mass is 211 g/mol. The minimum absolute atomic E-state index is 0.00324. The van der Waals surface area contributed by atoms with E-state index in [4.69, 9.17) is 0 Å². The van der Waals surface area contributed by atoms with Crippen LogP contribution >= 0.6 is 0 Å². The van der Waals surface area contributed by atoms with Crippen LogP contribution in [0.15, 0.2) is 12.1 Å². The largest absolute Gasteiger partial charge is 0.316 e. The molecule has 1 fully saturated rings. The molecule has 1 saturated heterocycles. The van der Waals surface area contributed by atoms with Gasteiger partial charge in [0.1, 0.15) is 11.6 Å². The maximum absolute atomic E-state index is 13.9. The zero-order chi connectivity index (χ0) is 10.8. The highest BCUT2D eigenvalue weighted by Crippen LogP contribution is 2.29. The number of hydrogen-bond acceptors (Lipinski definition) is 1. The average molecular weight is 211 g/mol. The lowest BCUT2D eigenvalue weighted by molar-refractivity contribution is 0.524. The molecule has 1 N–H and O–H groups in total. The summed E-state index contributed by atoms with van der Waals surface area (Å²) in [5.74, 6) is -0.749. The SMILES string of the molecule is CCc1ccc(F)c(C2CCNC2)c1F. The van der Waals surface area contributed by atoms with Gasteiger partial charge in [-0.1, -0.05) is 13.0 Å². The fourth-order valence-corrected chi connectivity index (χ4v) is 2.16. The van der Waals surface area contributed by atoms with Crippen molar-refractivity contribution >= 4 is 0 Å². The molecule has 2 rings (SSSR count). The van der Waals surface area contributed by atoms with E-state index in [1.807, 2.05) is 6.92 Å². The molecule has 0 radical (unpaired) electrons. The number of nitrogens with one attached hydrogen (secondary N) is 1. The zero-order valence-electron chi connectivity index (χ0n) is 8.82. The lowest BCUT2D eigenvalue weighted by atomic mass is 9.94. The molecule has 1 aliphatic heterocycles. The van der Waals surface area contributed by atoms with Crippen molar-refractivity contribution < 1.29 is 8.78 Å². The molecule has 3 heteroatoms. The van der Waals surface area contributed by atoms with Gasteiger partial charge in [-0.2, -0.15) is 0 Å². The molecule has 0 spiro atoms. The molecule has 1 aliphatic rings. The number of halogens is 2. The summed E-state index contributed by atoms with van der Waals surface area (Å²) in [6.07, 6.45) is 1.43. The molecule has 0 aromatic heterocycles. The number of benzene rings is 1. The highest BCUT2D eigenvalue weighted by Gasteiger charge is 2.24. The quantitative estimate of drug-likeness (QED) is 0.792. The van der Waals surface area contributed by atoms with Crippen LogP contribution in [0, 0.1) is 11.6 Å². The van der Waals surface area contributed by atoms with Crippen molar-refractivity contribution in [1.29, 1.82) is 0 Å². The molecule has 0 saturated carbocycles. The van der Waals surface area contributed by atoms with E-state index in [0.717, 1.165) is 13.0 Å². The van der Waals surface area contributed by atoms with Gasteiger partial charge in [-0.15, -0.1) is 0 Å². The van der Waals surface area contributed by atoms with Gasteiger partial charge in [-0.05, 0) is 31.0 Å². The van der Waals surface area contributed by atoms with Crippen molar-refractivity contribution in [3.8, 4) is 0 Å². The van der Waals surface area contributed by atoms with Crippen molar-refractivity contribution in [3.05, 3.63) is 34.9 Å². The smallest absolute Gasteiger partial charge is 0.132 e. The van der Waals surface area contributed by atoms with Crippen LogP contribution in [0.4, 0.5) is 8.78 Å². The summed E-state index contributed by atoms with van der Waals surface area (Å²) in [6.45, 7) is 3.41. The van der Waals surface area contributed by atoms with Crippen LogP contribution in [0.1, 0.15) is 30.4 Å². The second-order valence-electron chi connectivity index (χ2n) is 3.98. The van der Waals surface area contributed by atoms with Crippen LogP contribution in [-0.2, 0) is 6.42 Å². The normalized spacial score (nSPS) is 20.9. The zero-order valence-corrected chi connectivity index (χ0v) is 8.82. The predicted molar refractivity (Wildman–Crippen MR) is 56.0 cm³/mol. The number of rotatable bonds is 2. The molecule has 1 heterocycles. The summed E-state index contributed by atoms with van der Waals surface area (Å²) in [4.78, 5) is 0. The first-order valence-electron chi connectivity index (χ1n) is 5.41. The van der Waals surface area contributed by atoms with Crippen molar-refractivity contribution in [1.82, 2.24) is 5.32 Å². The van der Waals surface area contributed by atoms with E-state index in [0.29, 0.717) is 18.5 Å². The van der Waals surface area contributed by atoms with Gasteiger partial charge in [-0.25, -0.2) is 8.78 Å². The maximum atomic E-state index is 13.9. The lowest BCUT2D eigenvalue weighted by Crippen LogP contribution is -2.11. The third-order valence-corrected chi connectivity index (χ3v) is 3.06. The van der Waals surface area contributed by atoms with E-state index >= 15 is 0 Å². The standard InChI is InChI=1S/C12H15F2N/c1-2-8-3-4-10(13)11(12(8)14)9-5-6-15-7-9/h3-4,9,15H,2,5-7H2,1H3. The van der Waals surface area contributed by atoms with E-state index in [-0.39, 0.29) is 17.3 Å². The summed E-state index contributed by atoms with van der Waals surface area (Å²) in [7, 11) is 0. The second kappa shape index (κ2) is 4.27. The Morgan fingerprint density at radius 2 is 2.20 bits per heavy atom. The molecule has 0 aliphatic carbocycles. The summed E-state index contributed by atoms with van der Waals surface area (Å²) >= 11 is 0. The molecular formula is C12H15F2N. The van der Waals surface area contributed by atoms with Crippen LogP contribution < -0.4 is 5.32 Å². The summed E-state index contributed by atoms with van der Waals surface area (Å²) in [6, 6.07) is 2.92. The molecule has 0 bridgehead atoms. The molecule has 1 aromatic carbocycles. The summed E-state index contributed by atoms with van der Waals surface area (Å²) in [5, 5.41) is 3.13. The van der Waals surface area contributed by atoms with E-state index in [1.165, 1.54) is 12.1 Å². The van der Waals surface area contributed by atoms with Crippen molar-refractivity contribution in [2.45, 2.75) is 25.7 Å².